The van der Waals surface area contributed by atoms with Crippen molar-refractivity contribution in [2.75, 3.05) is 24.5 Å². The third kappa shape index (κ3) is 6.23. The highest BCUT2D eigenvalue weighted by Crippen LogP contribution is 2.28. The molecule has 3 aromatic rings. The lowest BCUT2D eigenvalue weighted by atomic mass is 10.00. The van der Waals surface area contributed by atoms with Gasteiger partial charge < -0.3 is 9.32 Å². The summed E-state index contributed by atoms with van der Waals surface area (Å²) in [5.74, 6) is 1.15. The number of nitrogens with zero attached hydrogens (tertiary/aromatic N) is 3. The van der Waals surface area contributed by atoms with E-state index in [1.54, 1.807) is 6.92 Å². The molecule has 0 N–H and O–H groups in total. The number of oxazole rings is 1. The Bertz CT molecular complexity index is 983. The van der Waals surface area contributed by atoms with Gasteiger partial charge in [0.25, 0.3) is 6.01 Å². The van der Waals surface area contributed by atoms with Crippen LogP contribution in [0.1, 0.15) is 57.9 Å². The van der Waals surface area contributed by atoms with Crippen molar-refractivity contribution in [1.29, 1.82) is 0 Å². The van der Waals surface area contributed by atoms with Crippen molar-refractivity contribution in [3.8, 4) is 0 Å². The maximum Gasteiger partial charge on any atom is 0.298 e. The number of Topliss-reactive ketones (excluding diaryl/α,β-unsaturated/α-hetero) is 1. The number of likely N-dealkylation sites (tertiary alicyclic amines) is 1. The molecule has 3 heterocycles. The number of aromatic nitrogens is 1. The van der Waals surface area contributed by atoms with Gasteiger partial charge in [0.2, 0.25) is 0 Å². The van der Waals surface area contributed by atoms with Crippen molar-refractivity contribution in [3.63, 3.8) is 0 Å². The van der Waals surface area contributed by atoms with Gasteiger partial charge in [-0.3, -0.25) is 9.69 Å². The molecule has 5 heteroatoms. The van der Waals surface area contributed by atoms with E-state index < -0.39 is 0 Å². The van der Waals surface area contributed by atoms with Crippen molar-refractivity contribution in [3.05, 3.63) is 60.2 Å². The number of fused-ring (bicyclic) bond motifs is 1. The number of benzene rings is 2. The third-order valence-electron chi connectivity index (χ3n) is 6.82. The minimum absolute atomic E-state index is 0.0770. The second-order valence-corrected chi connectivity index (χ2v) is 9.44. The number of hydrogen-bond donors (Lipinski definition) is 0. The first kappa shape index (κ1) is 23.5. The maximum atomic E-state index is 11.7. The fourth-order valence-electron chi connectivity index (χ4n) is 5.11. The van der Waals surface area contributed by atoms with Crippen molar-refractivity contribution in [2.24, 2.45) is 5.92 Å². The van der Waals surface area contributed by atoms with Crippen LogP contribution >= 0.6 is 0 Å². The maximum absolute atomic E-state index is 11.7. The molecule has 2 aromatic carbocycles. The normalized spacial score (nSPS) is 21.1. The Balaban J connectivity index is 0.000000160. The van der Waals surface area contributed by atoms with Gasteiger partial charge in [0.1, 0.15) is 5.52 Å². The molecule has 2 fully saturated rings. The molecule has 2 aliphatic rings. The largest absolute Gasteiger partial charge is 0.423 e. The molecular weight excluding hydrogens is 410 g/mol. The van der Waals surface area contributed by atoms with Crippen molar-refractivity contribution >= 4 is 22.9 Å². The molecule has 2 atom stereocenters. The first-order valence-electron chi connectivity index (χ1n) is 12.5. The molecule has 2 saturated heterocycles. The van der Waals surface area contributed by atoms with Crippen molar-refractivity contribution in [2.45, 2.75) is 65.0 Å². The van der Waals surface area contributed by atoms with Crippen LogP contribution in [0.3, 0.4) is 0 Å². The second-order valence-electron chi connectivity index (χ2n) is 9.44. The Labute approximate surface area is 197 Å². The van der Waals surface area contributed by atoms with Crippen LogP contribution in [0.5, 0.6) is 0 Å². The molecule has 0 saturated carbocycles. The molecule has 0 amide bonds. The summed E-state index contributed by atoms with van der Waals surface area (Å²) in [6.07, 6.45) is 7.23. The van der Waals surface area contributed by atoms with Crippen LogP contribution in [0.25, 0.3) is 11.1 Å². The second kappa shape index (κ2) is 11.5. The average Bonchev–Trinajstić information content (AvgIpc) is 3.47. The molecule has 2 aliphatic heterocycles. The lowest BCUT2D eigenvalue weighted by molar-refractivity contribution is -0.118. The highest BCUT2D eigenvalue weighted by Gasteiger charge is 2.29. The number of carbonyl (C=O) groups is 1. The fraction of sp³-hybridized carbons (Fsp3) is 0.500. The summed E-state index contributed by atoms with van der Waals surface area (Å²) in [6.45, 7) is 8.52. The number of anilines is 1. The molecule has 0 radical (unpaired) electrons. The van der Waals surface area contributed by atoms with Gasteiger partial charge >= 0.3 is 0 Å². The zero-order valence-corrected chi connectivity index (χ0v) is 20.1. The lowest BCUT2D eigenvalue weighted by Gasteiger charge is -2.32. The smallest absolute Gasteiger partial charge is 0.298 e. The van der Waals surface area contributed by atoms with Crippen LogP contribution in [-0.2, 0) is 11.3 Å². The van der Waals surface area contributed by atoms with Gasteiger partial charge in [-0.05, 0) is 69.2 Å². The number of rotatable bonds is 6. The summed E-state index contributed by atoms with van der Waals surface area (Å²) < 4.78 is 5.75. The Morgan fingerprint density at radius 1 is 1.03 bits per heavy atom. The van der Waals surface area contributed by atoms with Gasteiger partial charge in [0.15, 0.2) is 11.4 Å². The molecule has 0 spiro atoms. The van der Waals surface area contributed by atoms with E-state index in [9.17, 15) is 4.79 Å². The minimum Gasteiger partial charge on any atom is -0.423 e. The van der Waals surface area contributed by atoms with Crippen molar-refractivity contribution in [1.82, 2.24) is 9.88 Å². The zero-order chi connectivity index (χ0) is 23.0. The quantitative estimate of drug-likeness (QED) is 0.458. The van der Waals surface area contributed by atoms with E-state index in [-0.39, 0.29) is 11.8 Å². The number of carbonyl (C=O) groups excluding carboxylic acids is 1. The van der Waals surface area contributed by atoms with Crippen LogP contribution in [0, 0.1) is 5.92 Å². The fourth-order valence-corrected chi connectivity index (χ4v) is 5.11. The SMILES string of the molecule is CC(=O)C1CCCCN1c1nc2ccccc2o1.CCC[C@@H]1CCN(Cc2ccccc2)C1. The molecular formula is C28H37N3O2. The van der Waals surface area contributed by atoms with Gasteiger partial charge in [0, 0.05) is 19.6 Å². The van der Waals surface area contributed by atoms with Gasteiger partial charge in [-0.25, -0.2) is 0 Å². The van der Waals surface area contributed by atoms with E-state index in [4.69, 9.17) is 4.42 Å². The van der Waals surface area contributed by atoms with Crippen LogP contribution in [0.15, 0.2) is 59.0 Å². The van der Waals surface area contributed by atoms with Crippen LogP contribution in [0.4, 0.5) is 6.01 Å². The van der Waals surface area contributed by atoms with Gasteiger partial charge in [-0.2, -0.15) is 4.98 Å². The predicted molar refractivity (Wildman–Crippen MR) is 134 cm³/mol. The summed E-state index contributed by atoms with van der Waals surface area (Å²) in [4.78, 5) is 20.8. The van der Waals surface area contributed by atoms with Gasteiger partial charge in [0.05, 0.1) is 6.04 Å². The molecule has 176 valence electrons. The molecule has 5 rings (SSSR count). The molecule has 0 bridgehead atoms. The molecule has 1 aromatic heterocycles. The lowest BCUT2D eigenvalue weighted by Crippen LogP contribution is -2.44. The van der Waals surface area contributed by atoms with Gasteiger partial charge in [-0.1, -0.05) is 55.8 Å². The standard InChI is InChI=1S/C14H16N2O2.C14H21N/c1-10(17)12-7-4-5-9-16(12)14-15-11-6-2-3-8-13(11)18-14;1-2-6-13-9-10-15(11-13)12-14-7-4-3-5-8-14/h2-3,6,8,12H,4-5,7,9H2,1H3;3-5,7-8,13H,2,6,9-12H2,1H3/t;13-/m.1/s1. The zero-order valence-electron chi connectivity index (χ0n) is 20.1. The van der Waals surface area contributed by atoms with E-state index in [1.165, 1.54) is 37.9 Å². The Kier molecular flexibility index (Phi) is 8.16. The Morgan fingerprint density at radius 3 is 2.58 bits per heavy atom. The summed E-state index contributed by atoms with van der Waals surface area (Å²) in [6, 6.07) is 19.0. The summed E-state index contributed by atoms with van der Waals surface area (Å²) in [5.41, 5.74) is 3.08. The van der Waals surface area contributed by atoms with Crippen LogP contribution in [-0.4, -0.2) is 41.3 Å². The molecule has 33 heavy (non-hydrogen) atoms. The highest BCUT2D eigenvalue weighted by molar-refractivity contribution is 5.85. The Morgan fingerprint density at radius 2 is 1.82 bits per heavy atom. The van der Waals surface area contributed by atoms with Crippen LogP contribution < -0.4 is 4.90 Å². The van der Waals surface area contributed by atoms with E-state index in [2.05, 4.69) is 47.1 Å². The molecule has 5 nitrogen and oxygen atoms in total. The van der Waals surface area contributed by atoms with Crippen molar-refractivity contribution < 1.29 is 9.21 Å². The third-order valence-corrected chi connectivity index (χ3v) is 6.82. The number of piperidine rings is 1. The van der Waals surface area contributed by atoms with E-state index in [1.807, 2.05) is 29.2 Å². The molecule has 1 unspecified atom stereocenters. The predicted octanol–water partition coefficient (Wildman–Crippen LogP) is 6.08. The average molecular weight is 448 g/mol. The number of ketones is 1. The van der Waals surface area contributed by atoms with Gasteiger partial charge in [-0.15, -0.1) is 0 Å². The molecule has 0 aliphatic carbocycles. The topological polar surface area (TPSA) is 49.6 Å². The summed E-state index contributed by atoms with van der Waals surface area (Å²) >= 11 is 0. The number of para-hydroxylation sites is 2. The Hall–Kier alpha value is -2.66. The minimum atomic E-state index is -0.0770. The van der Waals surface area contributed by atoms with E-state index in [0.29, 0.717) is 6.01 Å². The highest BCUT2D eigenvalue weighted by atomic mass is 16.4. The van der Waals surface area contributed by atoms with E-state index in [0.717, 1.165) is 49.4 Å². The first-order valence-corrected chi connectivity index (χ1v) is 12.5. The van der Waals surface area contributed by atoms with E-state index >= 15 is 0 Å². The first-order chi connectivity index (χ1) is 16.1. The number of hydrogen-bond acceptors (Lipinski definition) is 5. The summed E-state index contributed by atoms with van der Waals surface area (Å²) in [7, 11) is 0. The van der Waals surface area contributed by atoms with Crippen LogP contribution in [0.2, 0.25) is 0 Å². The monoisotopic (exact) mass is 447 g/mol. The summed E-state index contributed by atoms with van der Waals surface area (Å²) in [5, 5.41) is 0.